The highest BCUT2D eigenvalue weighted by Gasteiger charge is 2.54. The van der Waals surface area contributed by atoms with Gasteiger partial charge >= 0.3 is 0 Å². The molecule has 0 aromatic carbocycles. The third kappa shape index (κ3) is 6.63. The second-order valence-corrected chi connectivity index (χ2v) is 11.7. The first kappa shape index (κ1) is 34.2. The number of aliphatic hydroxyl groups excluding tert-OH is 7. The van der Waals surface area contributed by atoms with E-state index in [-0.39, 0.29) is 12.5 Å². The molecule has 4 fully saturated rings. The summed E-state index contributed by atoms with van der Waals surface area (Å²) in [5, 5.41) is 73.4. The van der Waals surface area contributed by atoms with E-state index >= 15 is 0 Å². The van der Waals surface area contributed by atoms with Crippen LogP contribution in [-0.2, 0) is 28.4 Å². The van der Waals surface area contributed by atoms with Crippen molar-refractivity contribution < 1.29 is 64.2 Å². The standard InChI is InChI=1S/C25H48N4O13/c1-3-9-15(32)17(34)12(28)23(37-9)40-20-8(27)4-7(2)14(31)22(20)42-25-19(36)21(11(6-30)39-25)41-24-13(29)18(35)16(33)10(5-26)38-24/h7-25,30-36H,3-6,26-29H2,1-2H3. The van der Waals surface area contributed by atoms with Crippen molar-refractivity contribution in [1.29, 1.82) is 0 Å². The summed E-state index contributed by atoms with van der Waals surface area (Å²) in [6, 6.07) is -3.04. The van der Waals surface area contributed by atoms with Crippen LogP contribution in [0.1, 0.15) is 26.7 Å². The fourth-order valence-corrected chi connectivity index (χ4v) is 6.08. The van der Waals surface area contributed by atoms with Gasteiger partial charge in [0.25, 0.3) is 0 Å². The first-order valence-electron chi connectivity index (χ1n) is 14.4. The second-order valence-electron chi connectivity index (χ2n) is 11.7. The first-order valence-corrected chi connectivity index (χ1v) is 14.4. The molecule has 0 bridgehead atoms. The summed E-state index contributed by atoms with van der Waals surface area (Å²) < 4.78 is 35.1. The van der Waals surface area contributed by atoms with Gasteiger partial charge in [0.2, 0.25) is 0 Å². The molecular weight excluding hydrogens is 564 g/mol. The molecule has 246 valence electrons. The minimum absolute atomic E-state index is 0.146. The Morgan fingerprint density at radius 1 is 0.643 bits per heavy atom. The zero-order valence-electron chi connectivity index (χ0n) is 23.7. The minimum atomic E-state index is -1.55. The van der Waals surface area contributed by atoms with Crippen molar-refractivity contribution in [2.24, 2.45) is 28.9 Å². The van der Waals surface area contributed by atoms with Gasteiger partial charge in [-0.15, -0.1) is 0 Å². The van der Waals surface area contributed by atoms with E-state index in [1.54, 1.807) is 13.8 Å². The van der Waals surface area contributed by atoms with E-state index in [1.165, 1.54) is 0 Å². The number of aliphatic hydroxyl groups is 7. The summed E-state index contributed by atoms with van der Waals surface area (Å²) in [4.78, 5) is 0. The largest absolute Gasteiger partial charge is 0.394 e. The zero-order valence-corrected chi connectivity index (χ0v) is 23.7. The molecule has 3 saturated heterocycles. The second kappa shape index (κ2) is 14.2. The molecule has 1 saturated carbocycles. The molecule has 3 aliphatic heterocycles. The molecular formula is C25H48N4O13. The van der Waals surface area contributed by atoms with Gasteiger partial charge in [0, 0.05) is 12.6 Å². The van der Waals surface area contributed by atoms with E-state index < -0.39 is 117 Å². The SMILES string of the molecule is CCC1OC(OC2C(N)CC(C)C(O)C2OC2OC(CO)C(OC3OC(CN)C(O)C(O)C3N)C2O)C(N)C(O)C1O. The van der Waals surface area contributed by atoms with Gasteiger partial charge in [-0.25, -0.2) is 0 Å². The van der Waals surface area contributed by atoms with Gasteiger partial charge in [-0.2, -0.15) is 0 Å². The Hall–Kier alpha value is -0.680. The van der Waals surface area contributed by atoms with Gasteiger partial charge in [-0.05, 0) is 18.8 Å². The Bertz CT molecular complexity index is 863. The molecule has 0 radical (unpaired) electrons. The van der Waals surface area contributed by atoms with Gasteiger partial charge in [0.1, 0.15) is 61.0 Å². The Kier molecular flexibility index (Phi) is 11.5. The highest BCUT2D eigenvalue weighted by atomic mass is 16.8. The predicted octanol–water partition coefficient (Wildman–Crippen LogP) is -6.14. The number of ether oxygens (including phenoxy) is 6. The van der Waals surface area contributed by atoms with E-state index in [2.05, 4.69) is 0 Å². The lowest BCUT2D eigenvalue weighted by Crippen LogP contribution is -2.66. The Morgan fingerprint density at radius 3 is 1.69 bits per heavy atom. The molecule has 17 nitrogen and oxygen atoms in total. The van der Waals surface area contributed by atoms with Crippen LogP contribution in [0.5, 0.6) is 0 Å². The molecule has 4 rings (SSSR count). The summed E-state index contributed by atoms with van der Waals surface area (Å²) in [5.41, 5.74) is 24.1. The van der Waals surface area contributed by atoms with Crippen LogP contribution in [-0.4, -0.2) is 159 Å². The number of hydrogen-bond donors (Lipinski definition) is 11. The third-order valence-electron chi connectivity index (χ3n) is 8.79. The van der Waals surface area contributed by atoms with Crippen LogP contribution in [0.4, 0.5) is 0 Å². The molecule has 1 aliphatic carbocycles. The normalized spacial score (nSPS) is 53.8. The van der Waals surface area contributed by atoms with Gasteiger partial charge in [0.05, 0.1) is 30.9 Å². The van der Waals surface area contributed by atoms with Crippen LogP contribution in [0.2, 0.25) is 0 Å². The lowest BCUT2D eigenvalue weighted by atomic mass is 9.80. The van der Waals surface area contributed by atoms with Crippen LogP contribution in [0.15, 0.2) is 0 Å². The predicted molar refractivity (Wildman–Crippen MR) is 141 cm³/mol. The van der Waals surface area contributed by atoms with Crippen LogP contribution >= 0.6 is 0 Å². The van der Waals surface area contributed by atoms with Gasteiger partial charge in [-0.3, -0.25) is 0 Å². The first-order chi connectivity index (χ1) is 19.8. The molecule has 19 unspecified atom stereocenters. The monoisotopic (exact) mass is 612 g/mol. The maximum absolute atomic E-state index is 11.2. The molecule has 3 heterocycles. The van der Waals surface area contributed by atoms with E-state index in [1.807, 2.05) is 0 Å². The van der Waals surface area contributed by atoms with Crippen LogP contribution in [0.3, 0.4) is 0 Å². The molecule has 42 heavy (non-hydrogen) atoms. The third-order valence-corrected chi connectivity index (χ3v) is 8.79. The molecule has 4 aliphatic rings. The summed E-state index contributed by atoms with van der Waals surface area (Å²) in [7, 11) is 0. The van der Waals surface area contributed by atoms with Crippen molar-refractivity contribution in [3.05, 3.63) is 0 Å². The molecule has 0 amide bonds. The van der Waals surface area contributed by atoms with Gasteiger partial charge in [0.15, 0.2) is 18.9 Å². The summed E-state index contributed by atoms with van der Waals surface area (Å²) in [6.45, 7) is 2.77. The van der Waals surface area contributed by atoms with Crippen molar-refractivity contribution in [3.8, 4) is 0 Å². The average Bonchev–Trinajstić information content (AvgIpc) is 3.27. The van der Waals surface area contributed by atoms with Crippen molar-refractivity contribution in [1.82, 2.24) is 0 Å². The Morgan fingerprint density at radius 2 is 1.14 bits per heavy atom. The average molecular weight is 613 g/mol. The fourth-order valence-electron chi connectivity index (χ4n) is 6.08. The fraction of sp³-hybridized carbons (Fsp3) is 1.00. The highest BCUT2D eigenvalue weighted by Crippen LogP contribution is 2.36. The summed E-state index contributed by atoms with van der Waals surface area (Å²) in [6.07, 6.45) is -17.7. The molecule has 0 aromatic rings. The molecule has 0 spiro atoms. The summed E-state index contributed by atoms with van der Waals surface area (Å²) >= 11 is 0. The van der Waals surface area contributed by atoms with Gasteiger partial charge in [-0.1, -0.05) is 13.8 Å². The summed E-state index contributed by atoms with van der Waals surface area (Å²) in [5.74, 6) is -0.351. The number of nitrogens with two attached hydrogens (primary N) is 4. The number of hydrogen-bond acceptors (Lipinski definition) is 17. The van der Waals surface area contributed by atoms with Crippen LogP contribution in [0.25, 0.3) is 0 Å². The molecule has 17 heteroatoms. The van der Waals surface area contributed by atoms with Crippen molar-refractivity contribution >= 4 is 0 Å². The minimum Gasteiger partial charge on any atom is -0.394 e. The van der Waals surface area contributed by atoms with Crippen molar-refractivity contribution in [3.63, 3.8) is 0 Å². The van der Waals surface area contributed by atoms with E-state index in [9.17, 15) is 35.7 Å². The maximum Gasteiger partial charge on any atom is 0.187 e. The Labute approximate surface area is 243 Å². The lowest BCUT2D eigenvalue weighted by Gasteiger charge is -2.47. The van der Waals surface area contributed by atoms with Crippen molar-refractivity contribution in [2.75, 3.05) is 13.2 Å². The quantitative estimate of drug-likeness (QED) is 0.115. The highest BCUT2D eigenvalue weighted by molar-refractivity contribution is 5.00. The van der Waals surface area contributed by atoms with E-state index in [4.69, 9.17) is 51.4 Å². The molecule has 0 aromatic heterocycles. The lowest BCUT2D eigenvalue weighted by molar-refractivity contribution is -0.310. The molecule has 15 N–H and O–H groups in total. The topological polar surface area (TPSA) is 301 Å². The smallest absolute Gasteiger partial charge is 0.187 e. The maximum atomic E-state index is 11.2. The molecule has 19 atom stereocenters. The van der Waals surface area contributed by atoms with E-state index in [0.29, 0.717) is 12.8 Å². The Balaban J connectivity index is 1.50. The van der Waals surface area contributed by atoms with Crippen LogP contribution in [0, 0.1) is 5.92 Å². The van der Waals surface area contributed by atoms with E-state index in [0.717, 1.165) is 0 Å². The zero-order chi connectivity index (χ0) is 31.0. The number of rotatable bonds is 9. The van der Waals surface area contributed by atoms with Crippen molar-refractivity contribution in [2.45, 2.75) is 137 Å². The van der Waals surface area contributed by atoms with Gasteiger partial charge < -0.3 is 87.1 Å². The van der Waals surface area contributed by atoms with Crippen LogP contribution < -0.4 is 22.9 Å².